The van der Waals surface area contributed by atoms with Crippen LogP contribution in [0.15, 0.2) is 42.7 Å². The number of amides is 1. The first-order valence-corrected chi connectivity index (χ1v) is 9.43. The van der Waals surface area contributed by atoms with Gasteiger partial charge in [-0.25, -0.2) is 9.37 Å². The van der Waals surface area contributed by atoms with Crippen molar-refractivity contribution in [1.29, 1.82) is 0 Å². The zero-order chi connectivity index (χ0) is 21.4. The van der Waals surface area contributed by atoms with Crippen LogP contribution in [0.1, 0.15) is 28.5 Å². The maximum absolute atomic E-state index is 14.5. The molecule has 0 aliphatic rings. The van der Waals surface area contributed by atoms with Gasteiger partial charge >= 0.3 is 0 Å². The van der Waals surface area contributed by atoms with Crippen molar-refractivity contribution in [2.75, 3.05) is 0 Å². The Bertz CT molecular complexity index is 1280. The minimum Gasteiger partial charge on any atom is -0.456 e. The first-order chi connectivity index (χ1) is 14.4. The first kappa shape index (κ1) is 19.5. The van der Waals surface area contributed by atoms with Crippen LogP contribution in [0.3, 0.4) is 0 Å². The highest BCUT2D eigenvalue weighted by Crippen LogP contribution is 2.29. The number of benzene rings is 1. The number of ether oxygens (including phenoxy) is 1. The Balaban J connectivity index is 1.69. The van der Waals surface area contributed by atoms with E-state index in [-0.39, 0.29) is 5.56 Å². The van der Waals surface area contributed by atoms with Gasteiger partial charge < -0.3 is 10.5 Å². The summed E-state index contributed by atoms with van der Waals surface area (Å²) in [6, 6.07) is 8.26. The molecule has 4 rings (SSSR count). The molecule has 0 saturated heterocycles. The normalized spacial score (nSPS) is 11.1. The number of primary amides is 1. The maximum atomic E-state index is 14.5. The van der Waals surface area contributed by atoms with Crippen LogP contribution in [0.25, 0.3) is 22.3 Å². The van der Waals surface area contributed by atoms with Gasteiger partial charge in [-0.1, -0.05) is 6.92 Å². The Morgan fingerprint density at radius 3 is 2.73 bits per heavy atom. The van der Waals surface area contributed by atoms with Gasteiger partial charge in [0.1, 0.15) is 22.8 Å². The molecule has 0 aliphatic carbocycles. The molecule has 0 fully saturated rings. The number of fused-ring (bicyclic) bond motifs is 1. The monoisotopic (exact) mass is 405 g/mol. The van der Waals surface area contributed by atoms with E-state index in [0.29, 0.717) is 34.7 Å². The summed E-state index contributed by atoms with van der Waals surface area (Å²) < 4.78 is 22.2. The summed E-state index contributed by atoms with van der Waals surface area (Å²) in [6.45, 7) is 3.74. The molecule has 4 aromatic rings. The molecule has 0 atom stereocenters. The molecule has 0 radical (unpaired) electrons. The van der Waals surface area contributed by atoms with Crippen LogP contribution < -0.4 is 10.5 Å². The number of hydrogen-bond acceptors (Lipinski definition) is 5. The van der Waals surface area contributed by atoms with E-state index in [2.05, 4.69) is 15.1 Å². The number of carbonyl (C=O) groups is 1. The summed E-state index contributed by atoms with van der Waals surface area (Å²) in [6.07, 6.45) is 3.68. The molecule has 30 heavy (non-hydrogen) atoms. The van der Waals surface area contributed by atoms with E-state index in [9.17, 15) is 9.18 Å². The molecule has 0 bridgehead atoms. The van der Waals surface area contributed by atoms with Crippen molar-refractivity contribution in [3.8, 4) is 22.8 Å². The van der Waals surface area contributed by atoms with Gasteiger partial charge in [0, 0.05) is 30.9 Å². The van der Waals surface area contributed by atoms with Gasteiger partial charge in [0.05, 0.1) is 28.7 Å². The average Bonchev–Trinajstić information content (AvgIpc) is 3.00. The smallest absolute Gasteiger partial charge is 0.251 e. The van der Waals surface area contributed by atoms with Crippen LogP contribution in [-0.4, -0.2) is 25.7 Å². The lowest BCUT2D eigenvalue weighted by Crippen LogP contribution is -2.16. The van der Waals surface area contributed by atoms with Gasteiger partial charge in [-0.15, -0.1) is 0 Å². The van der Waals surface area contributed by atoms with E-state index in [1.54, 1.807) is 35.3 Å². The minimum absolute atomic E-state index is 0.0838. The fraction of sp³-hybridized carbons (Fsp3) is 0.182. The second kappa shape index (κ2) is 7.55. The summed E-state index contributed by atoms with van der Waals surface area (Å²) in [5.74, 6) is -0.370. The fourth-order valence-electron chi connectivity index (χ4n) is 3.48. The predicted molar refractivity (Wildman–Crippen MR) is 111 cm³/mol. The topological polar surface area (TPSA) is 95.9 Å². The van der Waals surface area contributed by atoms with Gasteiger partial charge in [-0.05, 0) is 37.1 Å². The van der Waals surface area contributed by atoms with Crippen molar-refractivity contribution in [3.05, 3.63) is 65.4 Å². The SMILES string of the molecule is CCc1cc(-c2cc(Oc3cnc4c(C)nn(C)c4c3)ccn2)cc(F)c1C(N)=O. The van der Waals surface area contributed by atoms with Gasteiger partial charge in [-0.3, -0.25) is 14.5 Å². The zero-order valence-corrected chi connectivity index (χ0v) is 16.8. The average molecular weight is 405 g/mol. The van der Waals surface area contributed by atoms with Crippen LogP contribution in [0.2, 0.25) is 0 Å². The van der Waals surface area contributed by atoms with Gasteiger partial charge in [0.2, 0.25) is 0 Å². The third-order valence-electron chi connectivity index (χ3n) is 4.90. The number of pyridine rings is 2. The number of rotatable bonds is 5. The number of aryl methyl sites for hydroxylation is 3. The number of aromatic nitrogens is 4. The second-order valence-corrected chi connectivity index (χ2v) is 6.94. The Kier molecular flexibility index (Phi) is 4.91. The molecule has 8 heteroatoms. The maximum Gasteiger partial charge on any atom is 0.251 e. The summed E-state index contributed by atoms with van der Waals surface area (Å²) in [7, 11) is 1.85. The summed E-state index contributed by atoms with van der Waals surface area (Å²) in [4.78, 5) is 20.3. The molecule has 7 nitrogen and oxygen atoms in total. The van der Waals surface area contributed by atoms with E-state index in [0.717, 1.165) is 16.7 Å². The number of nitrogens with two attached hydrogens (primary N) is 1. The van der Waals surface area contributed by atoms with E-state index in [1.807, 2.05) is 27.0 Å². The molecule has 0 aliphatic heterocycles. The van der Waals surface area contributed by atoms with Crippen molar-refractivity contribution < 1.29 is 13.9 Å². The van der Waals surface area contributed by atoms with Crippen molar-refractivity contribution >= 4 is 16.9 Å². The molecular formula is C22H20FN5O2. The van der Waals surface area contributed by atoms with E-state index in [1.165, 1.54) is 6.07 Å². The van der Waals surface area contributed by atoms with E-state index in [4.69, 9.17) is 10.5 Å². The Labute approximate surface area is 172 Å². The van der Waals surface area contributed by atoms with Crippen molar-refractivity contribution in [3.63, 3.8) is 0 Å². The molecule has 2 N–H and O–H groups in total. The standard InChI is InChI=1S/C22H20FN5O2/c1-4-13-7-14(8-17(23)20(13)22(24)29)18-9-15(5-6-25-18)30-16-10-19-21(26-11-16)12(2)27-28(19)3/h5-11H,4H2,1-3H3,(H2,24,29). The number of nitrogens with zero attached hydrogens (tertiary/aromatic N) is 4. The molecule has 0 spiro atoms. The third-order valence-corrected chi connectivity index (χ3v) is 4.90. The van der Waals surface area contributed by atoms with Gasteiger partial charge in [0.25, 0.3) is 5.91 Å². The summed E-state index contributed by atoms with van der Waals surface area (Å²) in [5, 5.41) is 4.36. The fourth-order valence-corrected chi connectivity index (χ4v) is 3.48. The van der Waals surface area contributed by atoms with Crippen molar-refractivity contribution in [1.82, 2.24) is 19.7 Å². The molecule has 1 aromatic carbocycles. The lowest BCUT2D eigenvalue weighted by atomic mass is 9.99. The van der Waals surface area contributed by atoms with Crippen LogP contribution in [0.4, 0.5) is 4.39 Å². The highest BCUT2D eigenvalue weighted by atomic mass is 19.1. The molecule has 0 unspecified atom stereocenters. The third kappa shape index (κ3) is 3.47. The quantitative estimate of drug-likeness (QED) is 0.543. The molecule has 3 aromatic heterocycles. The van der Waals surface area contributed by atoms with Gasteiger partial charge in [0.15, 0.2) is 0 Å². The lowest BCUT2D eigenvalue weighted by Gasteiger charge is -2.11. The number of halogens is 1. The van der Waals surface area contributed by atoms with Crippen molar-refractivity contribution in [2.24, 2.45) is 12.8 Å². The highest BCUT2D eigenvalue weighted by molar-refractivity contribution is 5.95. The molecule has 1 amide bonds. The van der Waals surface area contributed by atoms with E-state index < -0.39 is 11.7 Å². The zero-order valence-electron chi connectivity index (χ0n) is 16.8. The Morgan fingerprint density at radius 1 is 1.20 bits per heavy atom. The van der Waals surface area contributed by atoms with Crippen LogP contribution >= 0.6 is 0 Å². The summed E-state index contributed by atoms with van der Waals surface area (Å²) in [5.41, 5.74) is 9.34. The first-order valence-electron chi connectivity index (χ1n) is 9.43. The second-order valence-electron chi connectivity index (χ2n) is 6.94. The molecule has 3 heterocycles. The van der Waals surface area contributed by atoms with Crippen LogP contribution in [0, 0.1) is 12.7 Å². The Hall–Kier alpha value is -3.81. The van der Waals surface area contributed by atoms with Crippen molar-refractivity contribution in [2.45, 2.75) is 20.3 Å². The lowest BCUT2D eigenvalue weighted by molar-refractivity contribution is 0.0995. The number of hydrogen-bond donors (Lipinski definition) is 1. The number of carbonyl (C=O) groups excluding carboxylic acids is 1. The van der Waals surface area contributed by atoms with E-state index >= 15 is 0 Å². The van der Waals surface area contributed by atoms with Gasteiger partial charge in [-0.2, -0.15) is 5.10 Å². The minimum atomic E-state index is -0.783. The predicted octanol–water partition coefficient (Wildman–Crippen LogP) is 3.93. The highest BCUT2D eigenvalue weighted by Gasteiger charge is 2.16. The molecular weight excluding hydrogens is 385 g/mol. The molecule has 152 valence electrons. The molecule has 0 saturated carbocycles. The summed E-state index contributed by atoms with van der Waals surface area (Å²) >= 11 is 0. The van der Waals surface area contributed by atoms with Crippen LogP contribution in [0.5, 0.6) is 11.5 Å². The Morgan fingerprint density at radius 2 is 2.00 bits per heavy atom. The van der Waals surface area contributed by atoms with Crippen LogP contribution in [-0.2, 0) is 13.5 Å². The largest absolute Gasteiger partial charge is 0.456 e.